The van der Waals surface area contributed by atoms with Crippen LogP contribution in [0, 0.1) is 0 Å². The van der Waals surface area contributed by atoms with Crippen molar-refractivity contribution in [2.45, 2.75) is 123 Å². The highest BCUT2D eigenvalue weighted by Gasteiger charge is 2.43. The Labute approximate surface area is 382 Å². The monoisotopic (exact) mass is 954 g/mol. The minimum atomic E-state index is -4.58. The van der Waals surface area contributed by atoms with E-state index in [-0.39, 0.29) is 54.2 Å². The van der Waals surface area contributed by atoms with Crippen molar-refractivity contribution in [3.63, 3.8) is 0 Å². The van der Waals surface area contributed by atoms with E-state index in [2.05, 4.69) is 25.5 Å². The van der Waals surface area contributed by atoms with Gasteiger partial charge in [0.1, 0.15) is 24.6 Å². The zero-order chi connectivity index (χ0) is 48.5. The summed E-state index contributed by atoms with van der Waals surface area (Å²) < 4.78 is 109. The van der Waals surface area contributed by atoms with Gasteiger partial charge in [-0.2, -0.15) is 16.8 Å². The smallest absolute Gasteiger partial charge is 0.303 e. The third kappa shape index (κ3) is 16.5. The highest BCUT2D eigenvalue weighted by Crippen LogP contribution is 2.51. The van der Waals surface area contributed by atoms with Crippen molar-refractivity contribution >= 4 is 48.0 Å². The Balaban J connectivity index is 0.00000342. The van der Waals surface area contributed by atoms with E-state index in [0.717, 1.165) is 22.2 Å². The number of unbranched alkanes of at least 4 members (excludes halogenated alkanes) is 2. The maximum absolute atomic E-state index is 12.9. The number of hydrogen-bond acceptors (Lipinski definition) is 10. The second-order valence-corrected chi connectivity index (χ2v) is 21.2. The lowest BCUT2D eigenvalue weighted by molar-refractivity contribution is -0.137. The van der Waals surface area contributed by atoms with Crippen molar-refractivity contribution in [1.29, 1.82) is 0 Å². The maximum atomic E-state index is 12.9. The average Bonchev–Trinajstić information content (AvgIpc) is 3.44. The van der Waals surface area contributed by atoms with Crippen LogP contribution < -0.4 is 19.6 Å². The van der Waals surface area contributed by atoms with E-state index in [1.165, 1.54) is 19.2 Å². The van der Waals surface area contributed by atoms with Gasteiger partial charge in [-0.3, -0.25) is 13.9 Å². The molecule has 3 aliphatic rings. The molecule has 4 rings (SSSR count). The van der Waals surface area contributed by atoms with Crippen LogP contribution in [-0.4, -0.2) is 96.8 Å². The van der Waals surface area contributed by atoms with E-state index < -0.39 is 41.6 Å². The number of sulfonamides is 1. The van der Waals surface area contributed by atoms with E-state index >= 15 is 0 Å². The Morgan fingerprint density at radius 3 is 2.20 bits per heavy atom. The molecule has 0 aromatic heterocycles. The van der Waals surface area contributed by atoms with E-state index in [4.69, 9.17) is 9.15 Å². The normalized spacial score (nSPS) is 16.6. The van der Waals surface area contributed by atoms with Crippen molar-refractivity contribution in [2.75, 3.05) is 56.3 Å². The molecule has 2 aliphatic heterocycles. The summed E-state index contributed by atoms with van der Waals surface area (Å²) in [5, 5.41) is 10.0. The first-order valence-electron chi connectivity index (χ1n) is 22.1. The highest BCUT2D eigenvalue weighted by atomic mass is 32.2. The molecule has 0 amide bonds. The number of hydrogen-bond donors (Lipinski definition) is 4. The molecule has 4 N–H and O–H groups in total. The lowest BCUT2D eigenvalue weighted by Crippen LogP contribution is -2.32. The Bertz CT molecular complexity index is 2440. The first-order chi connectivity index (χ1) is 30.0. The molecule has 0 saturated carbocycles. The second-order valence-electron chi connectivity index (χ2n) is 16.3. The predicted octanol–water partition coefficient (Wildman–Crippen LogP) is 7.72. The molecule has 1 atom stereocenters. The fraction of sp³-hybridized carbons (Fsp3) is 0.565. The third-order valence-electron chi connectivity index (χ3n) is 10.7. The van der Waals surface area contributed by atoms with Crippen LogP contribution in [-0.2, 0) is 50.6 Å². The van der Waals surface area contributed by atoms with Crippen molar-refractivity contribution in [3.8, 4) is 11.3 Å². The number of methoxy groups -OCH3 is 1. The topological polar surface area (TPSA) is 221 Å². The number of nitrogens with zero attached hydrogens (tertiary/aromatic N) is 2. The van der Waals surface area contributed by atoms with Gasteiger partial charge in [0.15, 0.2) is 0 Å². The summed E-state index contributed by atoms with van der Waals surface area (Å²) in [5.74, 6) is -0.275. The molecule has 18 heteroatoms. The highest BCUT2D eigenvalue weighted by molar-refractivity contribution is 7.89. The van der Waals surface area contributed by atoms with Gasteiger partial charge in [-0.05, 0) is 98.6 Å². The fourth-order valence-corrected chi connectivity index (χ4v) is 9.71. The van der Waals surface area contributed by atoms with Crippen molar-refractivity contribution in [1.82, 2.24) is 9.30 Å². The van der Waals surface area contributed by atoms with E-state index in [0.29, 0.717) is 68.1 Å². The number of nitrogens with one attached hydrogen (secondary N) is 1. The molecule has 2 heterocycles. The molecular formula is C46H72N3O12S3+. The second kappa shape index (κ2) is 25.1. The molecular weight excluding hydrogens is 883 g/mol. The summed E-state index contributed by atoms with van der Waals surface area (Å²) in [6, 6.07) is 12.2. The third-order valence-corrected chi connectivity index (χ3v) is 13.8. The molecule has 0 saturated heterocycles. The summed E-state index contributed by atoms with van der Waals surface area (Å²) in [6.45, 7) is 20.0. The summed E-state index contributed by atoms with van der Waals surface area (Å²) >= 11 is 0. The number of anilines is 1. The standard InChI is InChI=1S/C42H59N3O12S3.2C2H6/c1-7-44(23-13-27-59(50,51)52)31-17-19-34-35(41(2,3)4)29-32(57-38(34)28-31)14-11-15-39-42(5,21-12-26-58(48,49)43-22-25-56-6)36-30-33(60(53,54)55)18-20-37(36)45(39)24-10-8-9-16-40(46)47;2*1-2/h11,14-15,17-20,28-30,43H,7-10,12-13,16,21-27H2,1-6H3,(H2-,46,47,50,51,52,53,54,55);2*1-2H3/p+1. The van der Waals surface area contributed by atoms with E-state index in [1.807, 2.05) is 93.5 Å². The number of rotatable bonds is 22. The summed E-state index contributed by atoms with van der Waals surface area (Å²) in [5.41, 5.74) is 2.77. The first-order valence-corrected chi connectivity index (χ1v) is 26.8. The molecule has 1 aliphatic carbocycles. The zero-order valence-corrected chi connectivity index (χ0v) is 41.8. The van der Waals surface area contributed by atoms with Gasteiger partial charge >= 0.3 is 5.97 Å². The minimum absolute atomic E-state index is 0.0299. The van der Waals surface area contributed by atoms with Gasteiger partial charge in [-0.1, -0.05) is 61.0 Å². The van der Waals surface area contributed by atoms with Crippen LogP contribution in [0.1, 0.15) is 124 Å². The van der Waals surface area contributed by atoms with Crippen LogP contribution in [0.25, 0.3) is 17.4 Å². The van der Waals surface area contributed by atoms with Gasteiger partial charge in [0, 0.05) is 61.5 Å². The van der Waals surface area contributed by atoms with E-state index in [9.17, 15) is 44.3 Å². The molecule has 0 radical (unpaired) electrons. The number of fused-ring (bicyclic) bond motifs is 2. The number of benzene rings is 2. The first kappa shape index (κ1) is 56.2. The number of allylic oxidation sites excluding steroid dienone is 3. The molecule has 360 valence electrons. The molecule has 64 heavy (non-hydrogen) atoms. The number of carboxylic acids is 1. The Morgan fingerprint density at radius 2 is 1.61 bits per heavy atom. The Kier molecular flexibility index (Phi) is 22.1. The maximum Gasteiger partial charge on any atom is 0.303 e. The number of carboxylic acid groups (broad SMARTS) is 1. The minimum Gasteiger partial charge on any atom is -0.481 e. The van der Waals surface area contributed by atoms with Crippen molar-refractivity contribution in [2.24, 2.45) is 0 Å². The van der Waals surface area contributed by atoms with E-state index in [1.54, 1.807) is 6.07 Å². The largest absolute Gasteiger partial charge is 0.481 e. The average molecular weight is 955 g/mol. The predicted molar refractivity (Wildman–Crippen MR) is 256 cm³/mol. The van der Waals surface area contributed by atoms with Crippen LogP contribution in [0.15, 0.2) is 69.6 Å². The Morgan fingerprint density at radius 1 is 0.922 bits per heavy atom. The van der Waals surface area contributed by atoms with Crippen LogP contribution in [0.5, 0.6) is 0 Å². The Hall–Kier alpha value is -3.91. The molecule has 0 fully saturated rings. The number of ether oxygens (including phenoxy) is 1. The van der Waals surface area contributed by atoms with Crippen molar-refractivity contribution in [3.05, 3.63) is 82.6 Å². The molecule has 1 unspecified atom stereocenters. The molecule has 1 aromatic carbocycles. The lowest BCUT2D eigenvalue weighted by Gasteiger charge is -2.30. The van der Waals surface area contributed by atoms with Crippen LogP contribution in [0.4, 0.5) is 5.69 Å². The molecule has 0 bridgehead atoms. The SMILES string of the molecule is CC.CC.CC[N+](CCCS(=O)(=O)O)=c1ccc2c(C(C)(C)C)cc(/C=C/C=C3/N(CCCCCC(=O)O)c4ccc(S(=O)(=O)O)cc4C3(C)CCCS(=O)(=O)NCCOC)oc-2c1. The van der Waals surface area contributed by atoms with Gasteiger partial charge < -0.3 is 19.2 Å². The summed E-state index contributed by atoms with van der Waals surface area (Å²) in [7, 11) is -10.9. The van der Waals surface area contributed by atoms with Crippen LogP contribution >= 0.6 is 0 Å². The van der Waals surface area contributed by atoms with Crippen LogP contribution in [0.2, 0.25) is 0 Å². The quantitative estimate of drug-likeness (QED) is 0.0431. The number of aliphatic carboxylic acids is 1. The molecule has 0 spiro atoms. The van der Waals surface area contributed by atoms with Gasteiger partial charge in [-0.25, -0.2) is 17.7 Å². The summed E-state index contributed by atoms with van der Waals surface area (Å²) in [4.78, 5) is 13.0. The van der Waals surface area contributed by atoms with Gasteiger partial charge in [0.25, 0.3) is 20.2 Å². The van der Waals surface area contributed by atoms with Crippen LogP contribution in [0.3, 0.4) is 0 Å². The lowest BCUT2D eigenvalue weighted by atomic mass is 9.77. The van der Waals surface area contributed by atoms with Gasteiger partial charge in [0.2, 0.25) is 15.4 Å². The summed E-state index contributed by atoms with van der Waals surface area (Å²) in [6.07, 6.45) is 8.04. The molecule has 1 aromatic rings. The number of carbonyl (C=O) groups is 1. The van der Waals surface area contributed by atoms with Gasteiger partial charge in [0.05, 0.1) is 29.1 Å². The molecule has 15 nitrogen and oxygen atoms in total. The van der Waals surface area contributed by atoms with Crippen molar-refractivity contribution < 1.29 is 53.4 Å². The van der Waals surface area contributed by atoms with Gasteiger partial charge in [-0.15, -0.1) is 0 Å². The zero-order valence-electron chi connectivity index (χ0n) is 39.3. The fourth-order valence-electron chi connectivity index (χ4n) is 7.64.